The third kappa shape index (κ3) is 3.83. The number of carbonyl (C=O) groups is 1. The number of hydrogen-bond donors (Lipinski definition) is 1. The number of hydrogen-bond acceptors (Lipinski definition) is 3. The molecule has 116 valence electrons. The van der Waals surface area contributed by atoms with Gasteiger partial charge in [-0.05, 0) is 45.3 Å². The van der Waals surface area contributed by atoms with E-state index in [1.165, 1.54) is 5.56 Å². The second-order valence-corrected chi connectivity index (χ2v) is 6.23. The fraction of sp³-hybridized carbons (Fsp3) is 0.588. The Hall–Kier alpha value is -1.39. The van der Waals surface area contributed by atoms with Crippen molar-refractivity contribution < 1.29 is 9.90 Å². The van der Waals surface area contributed by atoms with Crippen molar-refractivity contribution in [2.75, 3.05) is 33.8 Å². The molecule has 1 aliphatic rings. The van der Waals surface area contributed by atoms with Crippen molar-refractivity contribution in [1.82, 2.24) is 9.80 Å². The molecule has 0 radical (unpaired) electrons. The SMILES string of the molecule is Cc1ccc(C(C(=O)N2CCC(CO)CC2)N(C)C)cc1. The predicted octanol–water partition coefficient (Wildman–Crippen LogP) is 1.83. The van der Waals surface area contributed by atoms with Crippen LogP contribution in [0, 0.1) is 12.8 Å². The Morgan fingerprint density at radius 2 is 1.86 bits per heavy atom. The summed E-state index contributed by atoms with van der Waals surface area (Å²) >= 11 is 0. The number of likely N-dealkylation sites (tertiary alicyclic amines) is 1. The number of aryl methyl sites for hydroxylation is 1. The van der Waals surface area contributed by atoms with Crippen molar-refractivity contribution in [3.05, 3.63) is 35.4 Å². The first-order valence-electron chi connectivity index (χ1n) is 7.65. The molecule has 0 bridgehead atoms. The van der Waals surface area contributed by atoms with Gasteiger partial charge in [0.25, 0.3) is 0 Å². The summed E-state index contributed by atoms with van der Waals surface area (Å²) in [6, 6.07) is 7.96. The van der Waals surface area contributed by atoms with E-state index in [4.69, 9.17) is 0 Å². The third-order valence-corrected chi connectivity index (χ3v) is 4.33. The number of aliphatic hydroxyl groups is 1. The van der Waals surface area contributed by atoms with E-state index in [0.717, 1.165) is 31.5 Å². The summed E-state index contributed by atoms with van der Waals surface area (Å²) in [5, 5.41) is 9.21. The van der Waals surface area contributed by atoms with Gasteiger partial charge >= 0.3 is 0 Å². The molecule has 1 aromatic carbocycles. The molecular formula is C17H26N2O2. The van der Waals surface area contributed by atoms with Crippen LogP contribution < -0.4 is 0 Å². The minimum Gasteiger partial charge on any atom is -0.396 e. The second kappa shape index (κ2) is 7.05. The molecule has 21 heavy (non-hydrogen) atoms. The molecule has 1 fully saturated rings. The van der Waals surface area contributed by atoms with Crippen molar-refractivity contribution in [3.63, 3.8) is 0 Å². The fourth-order valence-corrected chi connectivity index (χ4v) is 2.92. The van der Waals surface area contributed by atoms with Crippen molar-refractivity contribution in [3.8, 4) is 0 Å². The van der Waals surface area contributed by atoms with Crippen LogP contribution in [0.15, 0.2) is 24.3 Å². The predicted molar refractivity (Wildman–Crippen MR) is 84.0 cm³/mol. The molecule has 2 rings (SSSR count). The first-order chi connectivity index (χ1) is 10.0. The zero-order valence-electron chi connectivity index (χ0n) is 13.2. The third-order valence-electron chi connectivity index (χ3n) is 4.33. The molecule has 1 aliphatic heterocycles. The van der Waals surface area contributed by atoms with Crippen LogP contribution in [0.25, 0.3) is 0 Å². The highest BCUT2D eigenvalue weighted by Crippen LogP contribution is 2.25. The van der Waals surface area contributed by atoms with Gasteiger partial charge in [0.1, 0.15) is 6.04 Å². The minimum atomic E-state index is -0.226. The van der Waals surface area contributed by atoms with E-state index in [9.17, 15) is 9.90 Å². The second-order valence-electron chi connectivity index (χ2n) is 6.23. The van der Waals surface area contributed by atoms with Gasteiger partial charge < -0.3 is 10.0 Å². The average molecular weight is 290 g/mol. The van der Waals surface area contributed by atoms with Crippen molar-refractivity contribution in [2.24, 2.45) is 5.92 Å². The lowest BCUT2D eigenvalue weighted by atomic mass is 9.96. The van der Waals surface area contributed by atoms with Crippen LogP contribution in [-0.2, 0) is 4.79 Å². The van der Waals surface area contributed by atoms with Crippen molar-refractivity contribution in [2.45, 2.75) is 25.8 Å². The van der Waals surface area contributed by atoms with Crippen LogP contribution in [0.3, 0.4) is 0 Å². The first kappa shape index (κ1) is 16.0. The summed E-state index contributed by atoms with van der Waals surface area (Å²) in [6.07, 6.45) is 1.80. The van der Waals surface area contributed by atoms with Crippen LogP contribution in [0.2, 0.25) is 0 Å². The lowest BCUT2D eigenvalue weighted by molar-refractivity contribution is -0.138. The molecule has 1 amide bonds. The molecule has 0 saturated carbocycles. The van der Waals surface area contributed by atoms with E-state index < -0.39 is 0 Å². The number of likely N-dealkylation sites (N-methyl/N-ethyl adjacent to an activating group) is 1. The maximum Gasteiger partial charge on any atom is 0.244 e. The average Bonchev–Trinajstić information content (AvgIpc) is 2.49. The molecule has 0 spiro atoms. The largest absolute Gasteiger partial charge is 0.396 e. The number of benzene rings is 1. The van der Waals surface area contributed by atoms with Gasteiger partial charge in [-0.25, -0.2) is 0 Å². The van der Waals surface area contributed by atoms with E-state index in [-0.39, 0.29) is 18.6 Å². The Bertz CT molecular complexity index is 462. The Morgan fingerprint density at radius 1 is 1.29 bits per heavy atom. The maximum absolute atomic E-state index is 12.8. The highest BCUT2D eigenvalue weighted by molar-refractivity contribution is 5.83. The molecule has 0 aliphatic carbocycles. The lowest BCUT2D eigenvalue weighted by Crippen LogP contribution is -2.44. The Morgan fingerprint density at radius 3 is 2.33 bits per heavy atom. The standard InChI is InChI=1S/C17H26N2O2/c1-13-4-6-15(7-5-13)16(18(2)3)17(21)19-10-8-14(12-20)9-11-19/h4-7,14,16,20H,8-12H2,1-3H3. The van der Waals surface area contributed by atoms with Crippen molar-refractivity contribution >= 4 is 5.91 Å². The Balaban J connectivity index is 2.11. The molecule has 0 aromatic heterocycles. The zero-order valence-corrected chi connectivity index (χ0v) is 13.2. The lowest BCUT2D eigenvalue weighted by Gasteiger charge is -2.35. The Labute approximate surface area is 127 Å². The monoisotopic (exact) mass is 290 g/mol. The van der Waals surface area contributed by atoms with Gasteiger partial charge in [-0.15, -0.1) is 0 Å². The van der Waals surface area contributed by atoms with Gasteiger partial charge in [0, 0.05) is 19.7 Å². The van der Waals surface area contributed by atoms with Crippen LogP contribution >= 0.6 is 0 Å². The number of rotatable bonds is 4. The van der Waals surface area contributed by atoms with Crippen LogP contribution in [0.4, 0.5) is 0 Å². The quantitative estimate of drug-likeness (QED) is 0.920. The van der Waals surface area contributed by atoms with E-state index >= 15 is 0 Å². The van der Waals surface area contributed by atoms with E-state index in [0.29, 0.717) is 5.92 Å². The minimum absolute atomic E-state index is 0.167. The highest BCUT2D eigenvalue weighted by Gasteiger charge is 2.30. The van der Waals surface area contributed by atoms with Crippen molar-refractivity contribution in [1.29, 1.82) is 0 Å². The molecule has 1 N–H and O–H groups in total. The molecular weight excluding hydrogens is 264 g/mol. The number of nitrogens with zero attached hydrogens (tertiary/aromatic N) is 2. The van der Waals surface area contributed by atoms with Crippen LogP contribution in [0.1, 0.15) is 30.0 Å². The number of carbonyl (C=O) groups excluding carboxylic acids is 1. The molecule has 4 heteroatoms. The van der Waals surface area contributed by atoms with E-state index in [1.54, 1.807) is 0 Å². The van der Waals surface area contributed by atoms with E-state index in [1.807, 2.05) is 36.0 Å². The van der Waals surface area contributed by atoms with E-state index in [2.05, 4.69) is 19.1 Å². The summed E-state index contributed by atoms with van der Waals surface area (Å²) in [7, 11) is 3.89. The van der Waals surface area contributed by atoms with Gasteiger partial charge in [0.15, 0.2) is 0 Å². The summed E-state index contributed by atoms with van der Waals surface area (Å²) in [5.41, 5.74) is 2.24. The fourth-order valence-electron chi connectivity index (χ4n) is 2.92. The molecule has 1 saturated heterocycles. The zero-order chi connectivity index (χ0) is 15.4. The normalized spacial score (nSPS) is 18.0. The smallest absolute Gasteiger partial charge is 0.244 e. The number of amides is 1. The molecule has 1 aromatic rings. The van der Waals surface area contributed by atoms with Gasteiger partial charge in [-0.1, -0.05) is 29.8 Å². The topological polar surface area (TPSA) is 43.8 Å². The Kier molecular flexibility index (Phi) is 5.37. The summed E-state index contributed by atoms with van der Waals surface area (Å²) in [4.78, 5) is 16.8. The van der Waals surface area contributed by atoms with Gasteiger partial charge in [-0.2, -0.15) is 0 Å². The van der Waals surface area contributed by atoms with Gasteiger partial charge in [-0.3, -0.25) is 9.69 Å². The highest BCUT2D eigenvalue weighted by atomic mass is 16.3. The number of aliphatic hydroxyl groups excluding tert-OH is 1. The molecule has 1 atom stereocenters. The van der Waals surface area contributed by atoms with Crippen LogP contribution in [-0.4, -0.2) is 54.6 Å². The van der Waals surface area contributed by atoms with Gasteiger partial charge in [0.05, 0.1) is 0 Å². The molecule has 4 nitrogen and oxygen atoms in total. The molecule has 1 unspecified atom stereocenters. The number of piperidine rings is 1. The summed E-state index contributed by atoms with van der Waals surface area (Å²) in [6.45, 7) is 3.79. The van der Waals surface area contributed by atoms with Crippen LogP contribution in [0.5, 0.6) is 0 Å². The first-order valence-corrected chi connectivity index (χ1v) is 7.65. The van der Waals surface area contributed by atoms with Gasteiger partial charge in [0.2, 0.25) is 5.91 Å². The maximum atomic E-state index is 12.8. The summed E-state index contributed by atoms with van der Waals surface area (Å²) in [5.74, 6) is 0.520. The summed E-state index contributed by atoms with van der Waals surface area (Å²) < 4.78 is 0. The molecule has 1 heterocycles.